The monoisotopic (exact) mass is 512 g/mol. The SMILES string of the molecule is Nc1ncnc2c1c(-n1cccn1)cn2[C@@H]1C[C@H](CCc2cc3nc(N4CCC4)ccc3cc2F)[C@@H](O)C1. The van der Waals surface area contributed by atoms with Crippen LogP contribution in [0, 0.1) is 11.7 Å². The van der Waals surface area contributed by atoms with Crippen molar-refractivity contribution in [2.24, 2.45) is 5.92 Å². The number of fused-ring (bicyclic) bond motifs is 2. The second-order valence-electron chi connectivity index (χ2n) is 10.5. The summed E-state index contributed by atoms with van der Waals surface area (Å²) in [5, 5.41) is 16.9. The van der Waals surface area contributed by atoms with Crippen LogP contribution in [-0.4, -0.2) is 53.6 Å². The molecular weight excluding hydrogens is 483 g/mol. The number of rotatable bonds is 6. The minimum Gasteiger partial charge on any atom is -0.393 e. The number of hydrogen-bond acceptors (Lipinski definition) is 7. The Hall–Kier alpha value is -4.05. The van der Waals surface area contributed by atoms with Crippen molar-refractivity contribution in [3.63, 3.8) is 0 Å². The van der Waals surface area contributed by atoms with Crippen LogP contribution in [0.15, 0.2) is 55.2 Å². The van der Waals surface area contributed by atoms with E-state index in [1.54, 1.807) is 16.9 Å². The van der Waals surface area contributed by atoms with Gasteiger partial charge in [-0.1, -0.05) is 0 Å². The molecule has 3 atom stereocenters. The number of aliphatic hydroxyl groups is 1. The average molecular weight is 513 g/mol. The molecule has 194 valence electrons. The maximum absolute atomic E-state index is 15.0. The van der Waals surface area contributed by atoms with Gasteiger partial charge in [0.2, 0.25) is 0 Å². The number of nitrogens with two attached hydrogens (primary N) is 1. The average Bonchev–Trinajstić information content (AvgIpc) is 3.61. The summed E-state index contributed by atoms with van der Waals surface area (Å²) in [6.45, 7) is 2.04. The quantitative estimate of drug-likeness (QED) is 0.353. The zero-order valence-corrected chi connectivity index (χ0v) is 20.9. The summed E-state index contributed by atoms with van der Waals surface area (Å²) in [5.41, 5.74) is 9.24. The second kappa shape index (κ2) is 9.05. The van der Waals surface area contributed by atoms with Crippen molar-refractivity contribution in [1.82, 2.24) is 29.3 Å². The molecule has 4 aromatic heterocycles. The number of aliphatic hydroxyl groups excluding tert-OH is 1. The molecule has 0 bridgehead atoms. The van der Waals surface area contributed by atoms with Crippen LogP contribution in [0.4, 0.5) is 16.0 Å². The second-order valence-corrected chi connectivity index (χ2v) is 10.5. The Morgan fingerprint density at radius 2 is 2.03 bits per heavy atom. The van der Waals surface area contributed by atoms with E-state index in [2.05, 4.69) is 24.5 Å². The predicted octanol–water partition coefficient (Wildman–Crippen LogP) is 4.04. The molecule has 9 nitrogen and oxygen atoms in total. The normalized spacial score (nSPS) is 21.4. The fourth-order valence-electron chi connectivity index (χ4n) is 5.99. The van der Waals surface area contributed by atoms with Gasteiger partial charge in [0.1, 0.15) is 29.4 Å². The van der Waals surface area contributed by atoms with Gasteiger partial charge in [0, 0.05) is 43.1 Å². The predicted molar refractivity (Wildman–Crippen MR) is 144 cm³/mol. The molecule has 0 unspecified atom stereocenters. The molecule has 3 N–H and O–H groups in total. The molecule has 1 saturated heterocycles. The topological polar surface area (TPSA) is 111 Å². The lowest BCUT2D eigenvalue weighted by Crippen LogP contribution is -2.37. The fraction of sp³-hybridized carbons (Fsp3) is 0.357. The van der Waals surface area contributed by atoms with Crippen LogP contribution in [0.2, 0.25) is 0 Å². The highest BCUT2D eigenvalue weighted by molar-refractivity contribution is 5.94. The lowest BCUT2D eigenvalue weighted by molar-refractivity contribution is 0.127. The Morgan fingerprint density at radius 3 is 2.82 bits per heavy atom. The Labute approximate surface area is 218 Å². The summed E-state index contributed by atoms with van der Waals surface area (Å²) in [6.07, 6.45) is 10.3. The maximum Gasteiger partial charge on any atom is 0.148 e. The molecule has 1 aliphatic carbocycles. The van der Waals surface area contributed by atoms with Crippen molar-refractivity contribution in [3.8, 4) is 5.69 Å². The largest absolute Gasteiger partial charge is 0.393 e. The van der Waals surface area contributed by atoms with Crippen molar-refractivity contribution in [1.29, 1.82) is 0 Å². The van der Waals surface area contributed by atoms with Gasteiger partial charge >= 0.3 is 0 Å². The molecule has 5 aromatic rings. The first kappa shape index (κ1) is 23.1. The van der Waals surface area contributed by atoms with E-state index in [0.29, 0.717) is 30.6 Å². The Bertz CT molecular complexity index is 1630. The van der Waals surface area contributed by atoms with E-state index in [4.69, 9.17) is 10.7 Å². The number of hydrogen-bond donors (Lipinski definition) is 2. The third-order valence-electron chi connectivity index (χ3n) is 8.20. The van der Waals surface area contributed by atoms with Gasteiger partial charge in [-0.15, -0.1) is 0 Å². The molecule has 0 amide bonds. The van der Waals surface area contributed by atoms with E-state index >= 15 is 0 Å². The van der Waals surface area contributed by atoms with Crippen LogP contribution < -0.4 is 10.6 Å². The molecule has 10 heteroatoms. The lowest BCUT2D eigenvalue weighted by Gasteiger charge is -2.32. The molecular formula is C28H29FN8O. The van der Waals surface area contributed by atoms with Gasteiger partial charge in [-0.05, 0) is 73.9 Å². The first-order chi connectivity index (χ1) is 18.5. The molecule has 1 aliphatic heterocycles. The van der Waals surface area contributed by atoms with Gasteiger partial charge in [-0.25, -0.2) is 24.0 Å². The number of benzene rings is 1. The molecule has 2 fully saturated rings. The lowest BCUT2D eigenvalue weighted by atomic mass is 9.95. The van der Waals surface area contributed by atoms with Crippen LogP contribution >= 0.6 is 0 Å². The Kier molecular flexibility index (Phi) is 5.50. The van der Waals surface area contributed by atoms with Crippen molar-refractivity contribution in [2.45, 2.75) is 44.2 Å². The molecule has 1 saturated carbocycles. The molecule has 0 radical (unpaired) electrons. The number of pyridine rings is 1. The van der Waals surface area contributed by atoms with Crippen molar-refractivity contribution in [3.05, 3.63) is 66.6 Å². The summed E-state index contributed by atoms with van der Waals surface area (Å²) < 4.78 is 18.8. The summed E-state index contributed by atoms with van der Waals surface area (Å²) >= 11 is 0. The van der Waals surface area contributed by atoms with Crippen molar-refractivity contribution in [2.75, 3.05) is 23.7 Å². The van der Waals surface area contributed by atoms with Gasteiger partial charge in [0.15, 0.2) is 0 Å². The highest BCUT2D eigenvalue weighted by Gasteiger charge is 2.35. The Morgan fingerprint density at radius 1 is 1.13 bits per heavy atom. The molecule has 7 rings (SSSR count). The van der Waals surface area contributed by atoms with E-state index in [0.717, 1.165) is 53.0 Å². The number of nitrogen functional groups attached to an aromatic ring is 1. The van der Waals surface area contributed by atoms with E-state index in [-0.39, 0.29) is 17.8 Å². The smallest absolute Gasteiger partial charge is 0.148 e. The molecule has 1 aromatic carbocycles. The third kappa shape index (κ3) is 3.87. The number of aromatic nitrogens is 6. The number of halogens is 1. The van der Waals surface area contributed by atoms with Gasteiger partial charge in [-0.2, -0.15) is 5.10 Å². The van der Waals surface area contributed by atoms with Gasteiger partial charge in [-0.3, -0.25) is 0 Å². The third-order valence-corrected chi connectivity index (χ3v) is 8.20. The highest BCUT2D eigenvalue weighted by atomic mass is 19.1. The van der Waals surface area contributed by atoms with Crippen LogP contribution in [-0.2, 0) is 6.42 Å². The summed E-state index contributed by atoms with van der Waals surface area (Å²) in [4.78, 5) is 15.7. The zero-order chi connectivity index (χ0) is 25.8. The zero-order valence-electron chi connectivity index (χ0n) is 20.9. The number of aryl methyl sites for hydroxylation is 1. The maximum atomic E-state index is 15.0. The van der Waals surface area contributed by atoms with E-state index in [1.807, 2.05) is 36.7 Å². The highest BCUT2D eigenvalue weighted by Crippen LogP contribution is 2.41. The van der Waals surface area contributed by atoms with Crippen LogP contribution in [0.3, 0.4) is 0 Å². The van der Waals surface area contributed by atoms with Gasteiger partial charge in [0.05, 0.1) is 22.7 Å². The van der Waals surface area contributed by atoms with E-state index in [9.17, 15) is 9.50 Å². The van der Waals surface area contributed by atoms with Crippen molar-refractivity contribution < 1.29 is 9.50 Å². The van der Waals surface area contributed by atoms with Crippen LogP contribution in [0.5, 0.6) is 0 Å². The summed E-state index contributed by atoms with van der Waals surface area (Å²) in [7, 11) is 0. The standard InChI is InChI=1S/C28H29FN8O/c29-21-12-18-5-6-25(35-8-2-9-35)34-22(18)13-17(21)3-4-19-11-20(14-24(19)38)36-15-23(37-10-1-7-33-37)26-27(30)31-16-32-28(26)36/h1,5-7,10,12-13,15-16,19-20,24,38H,2-4,8-9,11,14H2,(H2,30,31,32)/t19-,20+,24-/m0/s1. The van der Waals surface area contributed by atoms with Crippen molar-refractivity contribution >= 4 is 33.6 Å². The molecule has 2 aliphatic rings. The van der Waals surface area contributed by atoms with Crippen LogP contribution in [0.25, 0.3) is 27.6 Å². The number of nitrogens with zero attached hydrogens (tertiary/aromatic N) is 7. The van der Waals surface area contributed by atoms with E-state index in [1.165, 1.54) is 12.7 Å². The minimum atomic E-state index is -0.482. The summed E-state index contributed by atoms with van der Waals surface area (Å²) in [5.74, 6) is 1.17. The number of anilines is 2. The van der Waals surface area contributed by atoms with Gasteiger partial charge in [0.25, 0.3) is 0 Å². The first-order valence-electron chi connectivity index (χ1n) is 13.2. The molecule has 5 heterocycles. The minimum absolute atomic E-state index is 0.0401. The van der Waals surface area contributed by atoms with E-state index < -0.39 is 6.10 Å². The first-order valence-corrected chi connectivity index (χ1v) is 13.2. The summed E-state index contributed by atoms with van der Waals surface area (Å²) in [6, 6.07) is 9.27. The molecule has 0 spiro atoms. The Balaban J connectivity index is 1.12. The van der Waals surface area contributed by atoms with Gasteiger partial charge < -0.3 is 20.3 Å². The van der Waals surface area contributed by atoms with Crippen LogP contribution in [0.1, 0.15) is 37.3 Å². The fourth-order valence-corrected chi connectivity index (χ4v) is 5.99. The molecule has 38 heavy (non-hydrogen) atoms.